The van der Waals surface area contributed by atoms with Crippen LogP contribution in [0.15, 0.2) is 24.3 Å². The Kier molecular flexibility index (Phi) is 3.16. The molecule has 0 radical (unpaired) electrons. The van der Waals surface area contributed by atoms with E-state index in [1.807, 2.05) is 0 Å². The summed E-state index contributed by atoms with van der Waals surface area (Å²) < 4.78 is 40.1. The van der Waals surface area contributed by atoms with Gasteiger partial charge in [-0.05, 0) is 19.1 Å². The highest BCUT2D eigenvalue weighted by atomic mass is 32.1. The van der Waals surface area contributed by atoms with Gasteiger partial charge in [0.15, 0.2) is 0 Å². The third-order valence-electron chi connectivity index (χ3n) is 2.10. The first-order chi connectivity index (χ1) is 8.35. The predicted octanol–water partition coefficient (Wildman–Crippen LogP) is 3.60. The Balaban J connectivity index is 2.36. The van der Waals surface area contributed by atoms with Crippen molar-refractivity contribution in [2.45, 2.75) is 13.3 Å². The smallest absolute Gasteiger partial charge is 0.406 e. The van der Waals surface area contributed by atoms with E-state index in [0.29, 0.717) is 16.3 Å². The van der Waals surface area contributed by atoms with Crippen LogP contribution in [0.4, 0.5) is 18.2 Å². The monoisotopic (exact) mass is 274 g/mol. The predicted molar refractivity (Wildman–Crippen MR) is 63.4 cm³/mol. The summed E-state index contributed by atoms with van der Waals surface area (Å²) in [4.78, 5) is 4.17. The molecule has 0 spiro atoms. The van der Waals surface area contributed by atoms with E-state index >= 15 is 0 Å². The number of ether oxygens (including phenoxy) is 1. The van der Waals surface area contributed by atoms with Crippen molar-refractivity contribution in [3.8, 4) is 17.0 Å². The lowest BCUT2D eigenvalue weighted by atomic mass is 10.1. The number of anilines is 1. The fourth-order valence-electron chi connectivity index (χ4n) is 1.49. The number of nitrogens with two attached hydrogens (primary N) is 1. The van der Waals surface area contributed by atoms with Gasteiger partial charge in [0.2, 0.25) is 0 Å². The SMILES string of the molecule is Cc1nc(-c2cccc(OC(F)(F)F)c2)c(N)s1. The standard InChI is InChI=1S/C11H9F3N2OS/c1-6-16-9(10(15)18-6)7-3-2-4-8(5-7)17-11(12,13)14/h2-5H,15H2,1H3. The lowest BCUT2D eigenvalue weighted by Crippen LogP contribution is -2.17. The summed E-state index contributed by atoms with van der Waals surface area (Å²) in [6.45, 7) is 1.78. The minimum absolute atomic E-state index is 0.287. The number of halogens is 3. The molecule has 0 amide bonds. The lowest BCUT2D eigenvalue weighted by Gasteiger charge is -2.09. The van der Waals surface area contributed by atoms with Crippen molar-refractivity contribution in [2.75, 3.05) is 5.73 Å². The van der Waals surface area contributed by atoms with Gasteiger partial charge < -0.3 is 10.5 Å². The average Bonchev–Trinajstić information content (AvgIpc) is 2.55. The molecule has 0 saturated carbocycles. The maximum atomic E-state index is 12.1. The third-order valence-corrected chi connectivity index (χ3v) is 2.90. The van der Waals surface area contributed by atoms with Crippen molar-refractivity contribution in [3.63, 3.8) is 0 Å². The van der Waals surface area contributed by atoms with Crippen molar-refractivity contribution < 1.29 is 17.9 Å². The van der Waals surface area contributed by atoms with E-state index in [1.54, 1.807) is 13.0 Å². The maximum Gasteiger partial charge on any atom is 0.573 e. The Morgan fingerprint density at radius 3 is 2.61 bits per heavy atom. The van der Waals surface area contributed by atoms with Gasteiger partial charge in [-0.3, -0.25) is 0 Å². The largest absolute Gasteiger partial charge is 0.573 e. The molecular weight excluding hydrogens is 265 g/mol. The van der Waals surface area contributed by atoms with E-state index < -0.39 is 6.36 Å². The highest BCUT2D eigenvalue weighted by Gasteiger charge is 2.31. The molecule has 0 saturated heterocycles. The Bertz CT molecular complexity index is 566. The molecular formula is C11H9F3N2OS. The Morgan fingerprint density at radius 1 is 1.33 bits per heavy atom. The summed E-state index contributed by atoms with van der Waals surface area (Å²) >= 11 is 1.29. The topological polar surface area (TPSA) is 48.1 Å². The Hall–Kier alpha value is -1.76. The Morgan fingerprint density at radius 2 is 2.06 bits per heavy atom. The normalized spacial score (nSPS) is 11.6. The zero-order valence-electron chi connectivity index (χ0n) is 9.28. The second kappa shape index (κ2) is 4.49. The van der Waals surface area contributed by atoms with Crippen molar-refractivity contribution in [1.82, 2.24) is 4.98 Å². The molecule has 96 valence electrons. The van der Waals surface area contributed by atoms with E-state index in [1.165, 1.54) is 29.5 Å². The fraction of sp³-hybridized carbons (Fsp3) is 0.182. The lowest BCUT2D eigenvalue weighted by molar-refractivity contribution is -0.274. The van der Waals surface area contributed by atoms with Crippen LogP contribution in [-0.2, 0) is 0 Å². The number of hydrogen-bond acceptors (Lipinski definition) is 4. The van der Waals surface area contributed by atoms with Crippen LogP contribution in [0.5, 0.6) is 5.75 Å². The van der Waals surface area contributed by atoms with Crippen LogP contribution in [0.2, 0.25) is 0 Å². The molecule has 2 aromatic rings. The highest BCUT2D eigenvalue weighted by Crippen LogP contribution is 2.33. The number of nitrogens with zero attached hydrogens (tertiary/aromatic N) is 1. The summed E-state index contributed by atoms with van der Waals surface area (Å²) in [5.41, 5.74) is 6.72. The summed E-state index contributed by atoms with van der Waals surface area (Å²) in [5.74, 6) is -0.287. The van der Waals surface area contributed by atoms with Crippen molar-refractivity contribution in [1.29, 1.82) is 0 Å². The van der Waals surface area contributed by atoms with Crippen LogP contribution in [0.25, 0.3) is 11.3 Å². The van der Waals surface area contributed by atoms with Crippen LogP contribution < -0.4 is 10.5 Å². The zero-order valence-corrected chi connectivity index (χ0v) is 10.1. The number of nitrogen functional groups attached to an aromatic ring is 1. The van der Waals surface area contributed by atoms with Crippen LogP contribution in [0.3, 0.4) is 0 Å². The molecule has 0 aliphatic rings. The van der Waals surface area contributed by atoms with E-state index in [4.69, 9.17) is 5.73 Å². The number of rotatable bonds is 2. The molecule has 1 aromatic carbocycles. The van der Waals surface area contributed by atoms with Gasteiger partial charge >= 0.3 is 6.36 Å². The summed E-state index contributed by atoms with van der Waals surface area (Å²) in [7, 11) is 0. The molecule has 1 aromatic heterocycles. The van der Waals surface area contributed by atoms with E-state index in [-0.39, 0.29) is 5.75 Å². The van der Waals surface area contributed by atoms with Gasteiger partial charge in [-0.1, -0.05) is 12.1 Å². The first kappa shape index (κ1) is 12.7. The number of alkyl halides is 3. The molecule has 0 unspecified atom stereocenters. The minimum Gasteiger partial charge on any atom is -0.406 e. The van der Waals surface area contributed by atoms with Crippen molar-refractivity contribution in [2.24, 2.45) is 0 Å². The van der Waals surface area contributed by atoms with Crippen LogP contribution >= 0.6 is 11.3 Å². The molecule has 0 aliphatic heterocycles. The van der Waals surface area contributed by atoms with E-state index in [0.717, 1.165) is 5.01 Å². The summed E-state index contributed by atoms with van der Waals surface area (Å²) in [6, 6.07) is 5.59. The molecule has 7 heteroatoms. The highest BCUT2D eigenvalue weighted by molar-refractivity contribution is 7.16. The molecule has 0 aliphatic carbocycles. The molecule has 2 N–H and O–H groups in total. The van der Waals surface area contributed by atoms with Gasteiger partial charge in [-0.15, -0.1) is 24.5 Å². The number of benzene rings is 1. The summed E-state index contributed by atoms with van der Waals surface area (Å²) in [6.07, 6.45) is -4.71. The van der Waals surface area contributed by atoms with Gasteiger partial charge in [0, 0.05) is 5.56 Å². The first-order valence-corrected chi connectivity index (χ1v) is 5.76. The van der Waals surface area contributed by atoms with Gasteiger partial charge in [0.1, 0.15) is 16.4 Å². The molecule has 18 heavy (non-hydrogen) atoms. The molecule has 2 rings (SSSR count). The average molecular weight is 274 g/mol. The van der Waals surface area contributed by atoms with Crippen molar-refractivity contribution in [3.05, 3.63) is 29.3 Å². The van der Waals surface area contributed by atoms with Gasteiger partial charge in [-0.25, -0.2) is 4.98 Å². The van der Waals surface area contributed by atoms with E-state index in [2.05, 4.69) is 9.72 Å². The zero-order chi connectivity index (χ0) is 13.3. The second-order valence-corrected chi connectivity index (χ2v) is 4.76. The first-order valence-electron chi connectivity index (χ1n) is 4.94. The van der Waals surface area contributed by atoms with Crippen LogP contribution in [-0.4, -0.2) is 11.3 Å². The molecule has 0 bridgehead atoms. The van der Waals surface area contributed by atoms with Gasteiger partial charge in [0.25, 0.3) is 0 Å². The van der Waals surface area contributed by atoms with E-state index in [9.17, 15) is 13.2 Å². The second-order valence-electron chi connectivity index (χ2n) is 3.52. The third kappa shape index (κ3) is 2.92. The minimum atomic E-state index is -4.71. The number of hydrogen-bond donors (Lipinski definition) is 1. The Labute approximate surface area is 105 Å². The van der Waals surface area contributed by atoms with Gasteiger partial charge in [0.05, 0.1) is 5.01 Å². The number of aryl methyl sites for hydroxylation is 1. The molecule has 3 nitrogen and oxygen atoms in total. The molecule has 0 fully saturated rings. The van der Waals surface area contributed by atoms with Crippen LogP contribution in [0.1, 0.15) is 5.01 Å². The quantitative estimate of drug-likeness (QED) is 0.910. The fourth-order valence-corrected chi connectivity index (χ4v) is 2.21. The van der Waals surface area contributed by atoms with Crippen molar-refractivity contribution >= 4 is 16.3 Å². The molecule has 0 atom stereocenters. The van der Waals surface area contributed by atoms with Gasteiger partial charge in [-0.2, -0.15) is 0 Å². The maximum absolute atomic E-state index is 12.1. The number of aromatic nitrogens is 1. The van der Waals surface area contributed by atoms with Crippen LogP contribution in [0, 0.1) is 6.92 Å². The summed E-state index contributed by atoms with van der Waals surface area (Å²) in [5, 5.41) is 1.22. The molecule has 1 heterocycles. The number of thiazole rings is 1.